The molecule has 2 unspecified atom stereocenters. The van der Waals surface area contributed by atoms with Gasteiger partial charge in [-0.15, -0.1) is 0 Å². The van der Waals surface area contributed by atoms with Gasteiger partial charge in [-0.25, -0.2) is 4.98 Å². The van der Waals surface area contributed by atoms with Gasteiger partial charge in [0.1, 0.15) is 5.82 Å². The first-order valence-electron chi connectivity index (χ1n) is 7.92. The highest BCUT2D eigenvalue weighted by atomic mass is 79.9. The summed E-state index contributed by atoms with van der Waals surface area (Å²) in [5, 5.41) is 3.63. The molecule has 2 saturated heterocycles. The van der Waals surface area contributed by atoms with Crippen LogP contribution in [-0.2, 0) is 6.54 Å². The number of pyridine rings is 1. The minimum absolute atomic E-state index is 0.598. The van der Waals surface area contributed by atoms with Crippen LogP contribution in [0, 0.1) is 11.8 Å². The SMILES string of the molecule is Brc1ccc(NC2C3CC2CN(Cc2ccccc2)C3)nc1. The highest BCUT2D eigenvalue weighted by Gasteiger charge is 2.46. The van der Waals surface area contributed by atoms with Crippen LogP contribution in [0.15, 0.2) is 53.1 Å². The Labute approximate surface area is 139 Å². The second-order valence-corrected chi connectivity index (χ2v) is 7.38. The second kappa shape index (κ2) is 6.01. The molecular weight excluding hydrogens is 338 g/mol. The standard InChI is InChI=1S/C18H20BrN3/c19-16-6-7-17(20-9-16)21-18-14-8-15(18)12-22(11-14)10-13-4-2-1-3-5-13/h1-7,9,14-15,18H,8,10-12H2,(H,20,21). The monoisotopic (exact) mass is 357 g/mol. The zero-order valence-corrected chi connectivity index (χ0v) is 14.0. The Balaban J connectivity index is 1.35. The number of benzene rings is 1. The Kier molecular flexibility index (Phi) is 3.89. The smallest absolute Gasteiger partial charge is 0.126 e. The third kappa shape index (κ3) is 2.90. The molecule has 3 heterocycles. The Bertz CT molecular complexity index is 617. The summed E-state index contributed by atoms with van der Waals surface area (Å²) in [4.78, 5) is 7.04. The lowest BCUT2D eigenvalue weighted by Gasteiger charge is -2.54. The van der Waals surface area contributed by atoms with Gasteiger partial charge in [0.05, 0.1) is 0 Å². The van der Waals surface area contributed by atoms with E-state index in [1.54, 1.807) is 0 Å². The average molecular weight is 358 g/mol. The minimum atomic E-state index is 0.598. The maximum Gasteiger partial charge on any atom is 0.126 e. The number of halogens is 1. The molecule has 0 amide bonds. The molecule has 2 atom stereocenters. The first-order valence-corrected chi connectivity index (χ1v) is 8.71. The quantitative estimate of drug-likeness (QED) is 0.902. The van der Waals surface area contributed by atoms with Gasteiger partial charge in [-0.05, 0) is 51.9 Å². The third-order valence-electron chi connectivity index (χ3n) is 4.90. The summed E-state index contributed by atoms with van der Waals surface area (Å²) in [7, 11) is 0. The second-order valence-electron chi connectivity index (χ2n) is 6.47. The third-order valence-corrected chi connectivity index (χ3v) is 5.37. The van der Waals surface area contributed by atoms with Gasteiger partial charge in [-0.2, -0.15) is 0 Å². The zero-order valence-electron chi connectivity index (χ0n) is 12.5. The number of nitrogens with zero attached hydrogens (tertiary/aromatic N) is 2. The molecule has 2 aliphatic heterocycles. The molecular formula is C18H20BrN3. The molecule has 1 aliphatic carbocycles. The summed E-state index contributed by atoms with van der Waals surface area (Å²) in [5.41, 5.74) is 1.42. The van der Waals surface area contributed by atoms with Crippen LogP contribution in [0.4, 0.5) is 5.82 Å². The van der Waals surface area contributed by atoms with E-state index in [1.165, 1.54) is 25.1 Å². The molecule has 2 aromatic rings. The van der Waals surface area contributed by atoms with Crippen molar-refractivity contribution in [1.82, 2.24) is 9.88 Å². The van der Waals surface area contributed by atoms with Crippen molar-refractivity contribution >= 4 is 21.7 Å². The first kappa shape index (κ1) is 14.2. The Hall–Kier alpha value is -1.39. The average Bonchev–Trinajstić information content (AvgIpc) is 2.55. The van der Waals surface area contributed by atoms with Crippen LogP contribution < -0.4 is 5.32 Å². The van der Waals surface area contributed by atoms with Crippen molar-refractivity contribution < 1.29 is 0 Å². The topological polar surface area (TPSA) is 28.2 Å². The Morgan fingerprint density at radius 3 is 2.55 bits per heavy atom. The van der Waals surface area contributed by atoms with Crippen LogP contribution >= 0.6 is 15.9 Å². The van der Waals surface area contributed by atoms with Crippen molar-refractivity contribution in [3.63, 3.8) is 0 Å². The fraction of sp³-hybridized carbons (Fsp3) is 0.389. The highest BCUT2D eigenvalue weighted by Crippen LogP contribution is 2.42. The molecule has 2 bridgehead atoms. The number of anilines is 1. The number of nitrogens with one attached hydrogen (secondary N) is 1. The van der Waals surface area contributed by atoms with E-state index in [0.29, 0.717) is 6.04 Å². The largest absolute Gasteiger partial charge is 0.367 e. The van der Waals surface area contributed by atoms with E-state index in [2.05, 4.69) is 67.5 Å². The van der Waals surface area contributed by atoms with E-state index in [9.17, 15) is 0 Å². The predicted molar refractivity (Wildman–Crippen MR) is 92.7 cm³/mol. The van der Waals surface area contributed by atoms with E-state index < -0.39 is 0 Å². The molecule has 5 rings (SSSR count). The Morgan fingerprint density at radius 1 is 1.09 bits per heavy atom. The fourth-order valence-electron chi connectivity index (χ4n) is 3.82. The summed E-state index contributed by atoms with van der Waals surface area (Å²) in [6.45, 7) is 3.47. The van der Waals surface area contributed by atoms with E-state index >= 15 is 0 Å². The number of fused-ring (bicyclic) bond motifs is 2. The van der Waals surface area contributed by atoms with E-state index in [4.69, 9.17) is 0 Å². The molecule has 1 N–H and O–H groups in total. The van der Waals surface area contributed by atoms with Crippen molar-refractivity contribution in [2.24, 2.45) is 11.8 Å². The summed E-state index contributed by atoms with van der Waals surface area (Å²) in [6, 6.07) is 15.5. The molecule has 1 saturated carbocycles. The van der Waals surface area contributed by atoms with Crippen LogP contribution in [-0.4, -0.2) is 29.0 Å². The Morgan fingerprint density at radius 2 is 1.86 bits per heavy atom. The summed E-state index contributed by atoms with van der Waals surface area (Å²) >= 11 is 3.43. The van der Waals surface area contributed by atoms with E-state index in [-0.39, 0.29) is 0 Å². The summed E-state index contributed by atoms with van der Waals surface area (Å²) in [6.07, 6.45) is 3.22. The molecule has 114 valence electrons. The minimum Gasteiger partial charge on any atom is -0.367 e. The fourth-order valence-corrected chi connectivity index (χ4v) is 4.06. The molecule has 0 spiro atoms. The molecule has 4 heteroatoms. The van der Waals surface area contributed by atoms with Crippen LogP contribution in [0.2, 0.25) is 0 Å². The zero-order chi connectivity index (χ0) is 14.9. The van der Waals surface area contributed by atoms with Crippen molar-refractivity contribution in [1.29, 1.82) is 0 Å². The van der Waals surface area contributed by atoms with Crippen LogP contribution in [0.1, 0.15) is 12.0 Å². The molecule has 3 aliphatic rings. The molecule has 3 nitrogen and oxygen atoms in total. The van der Waals surface area contributed by atoms with E-state index in [1.807, 2.05) is 12.3 Å². The molecule has 0 radical (unpaired) electrons. The van der Waals surface area contributed by atoms with Gasteiger partial charge in [-0.3, -0.25) is 4.90 Å². The number of aromatic nitrogens is 1. The van der Waals surface area contributed by atoms with Crippen LogP contribution in [0.25, 0.3) is 0 Å². The van der Waals surface area contributed by atoms with Gasteiger partial charge in [0.2, 0.25) is 0 Å². The van der Waals surface area contributed by atoms with Gasteiger partial charge >= 0.3 is 0 Å². The van der Waals surface area contributed by atoms with Crippen LogP contribution in [0.5, 0.6) is 0 Å². The lowest BCUT2D eigenvalue weighted by atomic mass is 9.66. The van der Waals surface area contributed by atoms with Crippen molar-refractivity contribution in [2.45, 2.75) is 19.0 Å². The first-order chi connectivity index (χ1) is 10.8. The van der Waals surface area contributed by atoms with Gasteiger partial charge < -0.3 is 5.32 Å². The number of rotatable bonds is 4. The van der Waals surface area contributed by atoms with Gasteiger partial charge in [-0.1, -0.05) is 30.3 Å². The summed E-state index contributed by atoms with van der Waals surface area (Å²) < 4.78 is 1.03. The maximum atomic E-state index is 4.44. The van der Waals surface area contributed by atoms with Crippen molar-refractivity contribution in [3.05, 3.63) is 58.7 Å². The lowest BCUT2D eigenvalue weighted by Crippen LogP contribution is -2.60. The molecule has 22 heavy (non-hydrogen) atoms. The molecule has 1 aromatic carbocycles. The maximum absolute atomic E-state index is 4.44. The predicted octanol–water partition coefficient (Wildman–Crippen LogP) is 3.78. The summed E-state index contributed by atoms with van der Waals surface area (Å²) in [5.74, 6) is 2.51. The van der Waals surface area contributed by atoms with Gasteiger partial charge in [0, 0.05) is 36.3 Å². The van der Waals surface area contributed by atoms with Gasteiger partial charge in [0.15, 0.2) is 0 Å². The van der Waals surface area contributed by atoms with E-state index in [0.717, 1.165) is 28.7 Å². The number of hydrogen-bond acceptors (Lipinski definition) is 3. The number of piperidine rings is 2. The highest BCUT2D eigenvalue weighted by molar-refractivity contribution is 9.10. The van der Waals surface area contributed by atoms with Crippen LogP contribution in [0.3, 0.4) is 0 Å². The van der Waals surface area contributed by atoms with Gasteiger partial charge in [0.25, 0.3) is 0 Å². The van der Waals surface area contributed by atoms with Crippen molar-refractivity contribution in [2.75, 3.05) is 18.4 Å². The normalized spacial score (nSPS) is 27.2. The molecule has 1 aromatic heterocycles. The van der Waals surface area contributed by atoms with Crippen molar-refractivity contribution in [3.8, 4) is 0 Å². The molecule has 3 fully saturated rings. The lowest BCUT2D eigenvalue weighted by molar-refractivity contribution is 0.00736. The number of hydrogen-bond donors (Lipinski definition) is 1.